The second kappa shape index (κ2) is 40.9. The Morgan fingerprint density at radius 2 is 0.640 bits per heavy atom. The van der Waals surface area contributed by atoms with Crippen LogP contribution in [0, 0.1) is 0 Å². The van der Waals surface area contributed by atoms with Crippen molar-refractivity contribution in [2.45, 2.75) is 25.7 Å². The number of hydrogen-bond acceptors (Lipinski definition) is 6. The van der Waals surface area contributed by atoms with Gasteiger partial charge in [0.05, 0.1) is 25.7 Å². The molecule has 0 spiro atoms. The Kier molecular flexibility index (Phi) is 82.9. The molecule has 0 aromatic carbocycles. The van der Waals surface area contributed by atoms with Gasteiger partial charge in [0, 0.05) is 30.2 Å². The minimum atomic E-state index is -1.08. The molecule has 15 heteroatoms. The van der Waals surface area contributed by atoms with Gasteiger partial charge in [0.1, 0.15) is 0 Å². The van der Waals surface area contributed by atoms with E-state index in [1.165, 1.54) is 0 Å². The summed E-state index contributed by atoms with van der Waals surface area (Å²) in [7, 11) is 0. The molecule has 0 aliphatic heterocycles. The first-order valence-electron chi connectivity index (χ1n) is 5.44. The molecule has 0 aliphatic rings. The third-order valence-electron chi connectivity index (χ3n) is 1.27. The minimum absolute atomic E-state index is 0. The fourth-order valence-corrected chi connectivity index (χ4v) is 0.428. The molecule has 0 amide bonds. The SMILES string of the molecule is NCCN.O=C(O)CCC(=O)O.O=C(O)CCC(=O)O.[Fe].[NaH].[NaH].[NaH].[NaH]. The first-order chi connectivity index (χ1) is 9.17. The van der Waals surface area contributed by atoms with Gasteiger partial charge in [-0.3, -0.25) is 19.2 Å². The Bertz CT molecular complexity index is 269. The molecule has 0 saturated carbocycles. The van der Waals surface area contributed by atoms with E-state index in [0.29, 0.717) is 13.1 Å². The van der Waals surface area contributed by atoms with E-state index in [1.54, 1.807) is 0 Å². The van der Waals surface area contributed by atoms with Crippen LogP contribution in [0.2, 0.25) is 0 Å². The summed E-state index contributed by atoms with van der Waals surface area (Å²) in [5.41, 5.74) is 9.81. The number of hydrogen-bond donors (Lipinski definition) is 6. The molecule has 0 aliphatic carbocycles. The molecule has 10 nitrogen and oxygen atoms in total. The predicted molar refractivity (Wildman–Crippen MR) is 95.7 cm³/mol. The van der Waals surface area contributed by atoms with Gasteiger partial charge in [-0.1, -0.05) is 0 Å². The van der Waals surface area contributed by atoms with E-state index >= 15 is 0 Å². The van der Waals surface area contributed by atoms with Crippen LogP contribution in [-0.4, -0.2) is 176 Å². The second-order valence-corrected chi connectivity index (χ2v) is 3.15. The molecule has 0 rings (SSSR count). The van der Waals surface area contributed by atoms with Crippen molar-refractivity contribution in [1.29, 1.82) is 0 Å². The zero-order valence-corrected chi connectivity index (χ0v) is 12.3. The van der Waals surface area contributed by atoms with Gasteiger partial charge in [-0.15, -0.1) is 0 Å². The van der Waals surface area contributed by atoms with Crippen molar-refractivity contribution < 1.29 is 56.7 Å². The molecule has 134 valence electrons. The summed E-state index contributed by atoms with van der Waals surface area (Å²) in [4.78, 5) is 38.6. The summed E-state index contributed by atoms with van der Waals surface area (Å²) in [6.45, 7) is 1.19. The molecular formula is C10H24FeN2Na4O8. The molecule has 0 fully saturated rings. The van der Waals surface area contributed by atoms with E-state index in [-0.39, 0.29) is 161 Å². The number of carboxylic acids is 4. The number of carbonyl (C=O) groups is 4. The van der Waals surface area contributed by atoms with E-state index in [9.17, 15) is 19.2 Å². The molecule has 0 saturated heterocycles. The standard InChI is InChI=1S/2C4H6O4.C2H8N2.Fe.4Na.4H/c2*5-3(6)1-2-4(7)8;3-1-2-4;;;;;;;;;/h2*1-2H2,(H,5,6)(H,7,8);1-4H2;;;;;;;;;. The van der Waals surface area contributed by atoms with E-state index in [4.69, 9.17) is 31.9 Å². The second-order valence-electron chi connectivity index (χ2n) is 3.15. The van der Waals surface area contributed by atoms with Crippen LogP contribution < -0.4 is 11.5 Å². The van der Waals surface area contributed by atoms with Gasteiger partial charge in [0.15, 0.2) is 0 Å². The van der Waals surface area contributed by atoms with E-state index < -0.39 is 23.9 Å². The van der Waals surface area contributed by atoms with Crippen molar-refractivity contribution in [3.05, 3.63) is 0 Å². The van der Waals surface area contributed by atoms with Gasteiger partial charge < -0.3 is 31.9 Å². The Labute approximate surface area is 245 Å². The van der Waals surface area contributed by atoms with Gasteiger partial charge in [0.25, 0.3) is 0 Å². The third-order valence-corrected chi connectivity index (χ3v) is 1.27. The van der Waals surface area contributed by atoms with E-state index in [1.807, 2.05) is 0 Å². The van der Waals surface area contributed by atoms with E-state index in [2.05, 4.69) is 0 Å². The molecule has 25 heavy (non-hydrogen) atoms. The Morgan fingerprint density at radius 1 is 0.520 bits per heavy atom. The molecule has 0 aromatic rings. The zero-order chi connectivity index (χ0) is 16.6. The molecule has 0 radical (unpaired) electrons. The van der Waals surface area contributed by atoms with Crippen molar-refractivity contribution in [3.63, 3.8) is 0 Å². The van der Waals surface area contributed by atoms with Crippen LogP contribution in [0.4, 0.5) is 0 Å². The van der Waals surface area contributed by atoms with Gasteiger partial charge in [-0.2, -0.15) is 0 Å². The van der Waals surface area contributed by atoms with Crippen LogP contribution in [0.5, 0.6) is 0 Å². The molecular weight excluding hydrogens is 424 g/mol. The Hall–Kier alpha value is 2.32. The molecule has 0 heterocycles. The summed E-state index contributed by atoms with van der Waals surface area (Å²) in [6.07, 6.45) is -1.19. The van der Waals surface area contributed by atoms with Gasteiger partial charge in [-0.05, 0) is 0 Å². The first kappa shape index (κ1) is 50.7. The quantitative estimate of drug-likeness (QED) is 0.210. The Balaban J connectivity index is -0.0000000274. The Morgan fingerprint density at radius 3 is 0.680 bits per heavy atom. The summed E-state index contributed by atoms with van der Waals surface area (Å²) in [5, 5.41) is 31.6. The van der Waals surface area contributed by atoms with Gasteiger partial charge >= 0.3 is 142 Å². The normalized spacial score (nSPS) is 6.64. The number of nitrogens with two attached hydrogens (primary N) is 2. The molecule has 0 unspecified atom stereocenters. The van der Waals surface area contributed by atoms with Crippen LogP contribution in [0.25, 0.3) is 0 Å². The molecule has 0 aromatic heterocycles. The summed E-state index contributed by atoms with van der Waals surface area (Å²) < 4.78 is 0. The van der Waals surface area contributed by atoms with Crippen LogP contribution in [0.1, 0.15) is 25.7 Å². The van der Waals surface area contributed by atoms with E-state index in [0.717, 1.165) is 0 Å². The third kappa shape index (κ3) is 87.7. The monoisotopic (exact) mass is 448 g/mol. The fraction of sp³-hybridized carbons (Fsp3) is 0.600. The van der Waals surface area contributed by atoms with Crippen LogP contribution in [-0.2, 0) is 36.2 Å². The van der Waals surface area contributed by atoms with Crippen molar-refractivity contribution in [2.75, 3.05) is 13.1 Å². The van der Waals surface area contributed by atoms with Crippen molar-refractivity contribution in [1.82, 2.24) is 0 Å². The van der Waals surface area contributed by atoms with Crippen molar-refractivity contribution in [2.24, 2.45) is 11.5 Å². The van der Waals surface area contributed by atoms with Crippen molar-refractivity contribution >= 4 is 142 Å². The summed E-state index contributed by atoms with van der Waals surface area (Å²) in [6, 6.07) is 0. The average Bonchev–Trinajstić information content (AvgIpc) is 2.35. The van der Waals surface area contributed by atoms with Crippen molar-refractivity contribution in [3.8, 4) is 0 Å². The maximum absolute atomic E-state index is 9.64. The zero-order valence-electron chi connectivity index (χ0n) is 11.2. The van der Waals surface area contributed by atoms with Gasteiger partial charge in [-0.25, -0.2) is 0 Å². The maximum atomic E-state index is 9.64. The predicted octanol–water partition coefficient (Wildman–Crippen LogP) is -3.82. The number of rotatable bonds is 7. The topological polar surface area (TPSA) is 201 Å². The molecule has 8 N–H and O–H groups in total. The average molecular weight is 448 g/mol. The number of carboxylic acid groups (broad SMARTS) is 4. The fourth-order valence-electron chi connectivity index (χ4n) is 0.428. The first-order valence-corrected chi connectivity index (χ1v) is 5.44. The molecule has 0 bridgehead atoms. The number of aliphatic carboxylic acids is 4. The van der Waals surface area contributed by atoms with Crippen LogP contribution >= 0.6 is 0 Å². The van der Waals surface area contributed by atoms with Crippen LogP contribution in [0.3, 0.4) is 0 Å². The van der Waals surface area contributed by atoms with Gasteiger partial charge in [0.2, 0.25) is 0 Å². The summed E-state index contributed by atoms with van der Waals surface area (Å²) in [5.74, 6) is -4.31. The molecule has 0 atom stereocenters. The van der Waals surface area contributed by atoms with Crippen LogP contribution in [0.15, 0.2) is 0 Å². The summed E-state index contributed by atoms with van der Waals surface area (Å²) >= 11 is 0.